The standard InChI is InChI=1S/C14H20N2O4/c1-2-3-8-20-9-4-7-15-13(17)12-6-5-11(10-16-12)14(18)19/h5-6,10H,2-4,7-9H2,1H3,(H,15,17)(H,18,19). The molecule has 0 aromatic carbocycles. The predicted molar refractivity (Wildman–Crippen MR) is 73.9 cm³/mol. The Morgan fingerprint density at radius 2 is 2.05 bits per heavy atom. The molecule has 6 nitrogen and oxygen atoms in total. The van der Waals surface area contributed by atoms with Gasteiger partial charge in [0.1, 0.15) is 5.69 Å². The molecular weight excluding hydrogens is 260 g/mol. The summed E-state index contributed by atoms with van der Waals surface area (Å²) >= 11 is 0. The summed E-state index contributed by atoms with van der Waals surface area (Å²) in [6.07, 6.45) is 4.06. The topological polar surface area (TPSA) is 88.5 Å². The predicted octanol–water partition coefficient (Wildman–Crippen LogP) is 1.72. The highest BCUT2D eigenvalue weighted by atomic mass is 16.5. The third-order valence-electron chi connectivity index (χ3n) is 2.64. The minimum atomic E-state index is -1.06. The lowest BCUT2D eigenvalue weighted by molar-refractivity contribution is 0.0695. The second-order valence-electron chi connectivity index (χ2n) is 4.31. The number of hydrogen-bond acceptors (Lipinski definition) is 4. The lowest BCUT2D eigenvalue weighted by atomic mass is 10.2. The molecule has 0 spiro atoms. The first-order valence-electron chi connectivity index (χ1n) is 6.70. The molecular formula is C14H20N2O4. The number of aromatic carboxylic acids is 1. The number of amides is 1. The van der Waals surface area contributed by atoms with Crippen LogP contribution >= 0.6 is 0 Å². The largest absolute Gasteiger partial charge is 0.478 e. The van der Waals surface area contributed by atoms with Gasteiger partial charge in [0.25, 0.3) is 5.91 Å². The van der Waals surface area contributed by atoms with Crippen molar-refractivity contribution in [2.24, 2.45) is 0 Å². The monoisotopic (exact) mass is 280 g/mol. The van der Waals surface area contributed by atoms with E-state index in [1.165, 1.54) is 18.3 Å². The number of carbonyl (C=O) groups is 2. The molecule has 0 fully saturated rings. The quantitative estimate of drug-likeness (QED) is 0.672. The summed E-state index contributed by atoms with van der Waals surface area (Å²) in [7, 11) is 0. The van der Waals surface area contributed by atoms with E-state index in [0.29, 0.717) is 13.2 Å². The van der Waals surface area contributed by atoms with E-state index >= 15 is 0 Å². The van der Waals surface area contributed by atoms with Crippen molar-refractivity contribution in [1.82, 2.24) is 10.3 Å². The van der Waals surface area contributed by atoms with Crippen molar-refractivity contribution in [3.63, 3.8) is 0 Å². The number of nitrogens with one attached hydrogen (secondary N) is 1. The number of carbonyl (C=O) groups excluding carboxylic acids is 1. The first-order valence-corrected chi connectivity index (χ1v) is 6.70. The Balaban J connectivity index is 2.24. The highest BCUT2D eigenvalue weighted by molar-refractivity contribution is 5.93. The van der Waals surface area contributed by atoms with Gasteiger partial charge in [-0.05, 0) is 25.0 Å². The van der Waals surface area contributed by atoms with Gasteiger partial charge < -0.3 is 15.2 Å². The van der Waals surface area contributed by atoms with Crippen LogP contribution in [0.3, 0.4) is 0 Å². The summed E-state index contributed by atoms with van der Waals surface area (Å²) < 4.78 is 5.37. The maximum absolute atomic E-state index is 11.7. The third kappa shape index (κ3) is 5.79. The minimum Gasteiger partial charge on any atom is -0.478 e. The van der Waals surface area contributed by atoms with Gasteiger partial charge in [-0.25, -0.2) is 4.79 Å². The molecule has 0 bridgehead atoms. The Morgan fingerprint density at radius 1 is 1.30 bits per heavy atom. The van der Waals surface area contributed by atoms with E-state index < -0.39 is 5.97 Å². The third-order valence-corrected chi connectivity index (χ3v) is 2.64. The molecule has 1 aromatic rings. The fourth-order valence-corrected chi connectivity index (χ4v) is 1.47. The van der Waals surface area contributed by atoms with E-state index in [-0.39, 0.29) is 17.2 Å². The number of nitrogens with zero attached hydrogens (tertiary/aromatic N) is 1. The van der Waals surface area contributed by atoms with Gasteiger partial charge in [-0.2, -0.15) is 0 Å². The summed E-state index contributed by atoms with van der Waals surface area (Å²) in [6, 6.07) is 2.76. The number of pyridine rings is 1. The molecule has 110 valence electrons. The molecule has 6 heteroatoms. The minimum absolute atomic E-state index is 0.0610. The Bertz CT molecular complexity index is 431. The SMILES string of the molecule is CCCCOCCCNC(=O)c1ccc(C(=O)O)cn1. The second kappa shape index (κ2) is 9.03. The molecule has 20 heavy (non-hydrogen) atoms. The molecule has 0 aliphatic carbocycles. The van der Waals surface area contributed by atoms with Gasteiger partial charge in [-0.3, -0.25) is 9.78 Å². The first-order chi connectivity index (χ1) is 9.65. The smallest absolute Gasteiger partial charge is 0.337 e. The first kappa shape index (κ1) is 16.1. The molecule has 0 radical (unpaired) electrons. The fraction of sp³-hybridized carbons (Fsp3) is 0.500. The van der Waals surface area contributed by atoms with E-state index in [0.717, 1.165) is 25.9 Å². The molecule has 1 amide bonds. The molecule has 0 aliphatic rings. The Morgan fingerprint density at radius 3 is 2.65 bits per heavy atom. The zero-order chi connectivity index (χ0) is 14.8. The van der Waals surface area contributed by atoms with Crippen LogP contribution < -0.4 is 5.32 Å². The second-order valence-corrected chi connectivity index (χ2v) is 4.31. The van der Waals surface area contributed by atoms with Crippen LogP contribution in [-0.4, -0.2) is 41.7 Å². The van der Waals surface area contributed by atoms with Crippen molar-refractivity contribution in [1.29, 1.82) is 0 Å². The zero-order valence-electron chi connectivity index (χ0n) is 11.6. The number of rotatable bonds is 9. The summed E-state index contributed by atoms with van der Waals surface area (Å²) in [4.78, 5) is 26.2. The summed E-state index contributed by atoms with van der Waals surface area (Å²) in [5.74, 6) is -1.37. The Labute approximate surface area is 118 Å². The molecule has 1 aromatic heterocycles. The molecule has 0 saturated carbocycles. The number of carboxylic acid groups (broad SMARTS) is 1. The molecule has 1 rings (SSSR count). The van der Waals surface area contributed by atoms with E-state index in [4.69, 9.17) is 9.84 Å². The van der Waals surface area contributed by atoms with Gasteiger partial charge in [0.05, 0.1) is 5.56 Å². The van der Waals surface area contributed by atoms with Gasteiger partial charge in [0, 0.05) is 26.0 Å². The number of unbranched alkanes of at least 4 members (excludes halogenated alkanes) is 1. The van der Waals surface area contributed by atoms with Crippen LogP contribution in [0.5, 0.6) is 0 Å². The van der Waals surface area contributed by atoms with Crippen LogP contribution in [0.15, 0.2) is 18.3 Å². The molecule has 0 unspecified atom stereocenters. The van der Waals surface area contributed by atoms with Crippen LogP contribution in [0.2, 0.25) is 0 Å². The van der Waals surface area contributed by atoms with Crippen LogP contribution in [-0.2, 0) is 4.74 Å². The Kier molecular flexibility index (Phi) is 7.27. The van der Waals surface area contributed by atoms with Crippen LogP contribution in [0.4, 0.5) is 0 Å². The lowest BCUT2D eigenvalue weighted by Gasteiger charge is -2.05. The molecule has 1 heterocycles. The average molecular weight is 280 g/mol. The average Bonchev–Trinajstić information content (AvgIpc) is 2.46. The number of ether oxygens (including phenoxy) is 1. The van der Waals surface area contributed by atoms with Crippen molar-refractivity contribution >= 4 is 11.9 Å². The summed E-state index contributed by atoms with van der Waals surface area (Å²) in [5.41, 5.74) is 0.271. The molecule has 0 aliphatic heterocycles. The maximum atomic E-state index is 11.7. The van der Waals surface area contributed by atoms with Crippen LogP contribution in [0, 0.1) is 0 Å². The molecule has 0 atom stereocenters. The normalized spacial score (nSPS) is 10.2. The molecule has 2 N–H and O–H groups in total. The maximum Gasteiger partial charge on any atom is 0.337 e. The van der Waals surface area contributed by atoms with E-state index in [2.05, 4.69) is 17.2 Å². The van der Waals surface area contributed by atoms with Crippen LogP contribution in [0.1, 0.15) is 47.0 Å². The highest BCUT2D eigenvalue weighted by Crippen LogP contribution is 2.00. The van der Waals surface area contributed by atoms with Crippen molar-refractivity contribution in [2.75, 3.05) is 19.8 Å². The van der Waals surface area contributed by atoms with E-state index in [1.807, 2.05) is 0 Å². The van der Waals surface area contributed by atoms with Gasteiger partial charge in [-0.15, -0.1) is 0 Å². The van der Waals surface area contributed by atoms with E-state index in [1.54, 1.807) is 0 Å². The number of aromatic nitrogens is 1. The number of hydrogen-bond donors (Lipinski definition) is 2. The zero-order valence-corrected chi connectivity index (χ0v) is 11.6. The van der Waals surface area contributed by atoms with Crippen molar-refractivity contribution < 1.29 is 19.4 Å². The van der Waals surface area contributed by atoms with Gasteiger partial charge in [0.15, 0.2) is 0 Å². The van der Waals surface area contributed by atoms with Gasteiger partial charge in [-0.1, -0.05) is 13.3 Å². The van der Waals surface area contributed by atoms with Crippen molar-refractivity contribution in [3.05, 3.63) is 29.6 Å². The number of carboxylic acids is 1. The summed E-state index contributed by atoms with van der Waals surface area (Å²) in [6.45, 7) is 3.98. The van der Waals surface area contributed by atoms with Crippen molar-refractivity contribution in [3.8, 4) is 0 Å². The highest BCUT2D eigenvalue weighted by Gasteiger charge is 2.08. The van der Waals surface area contributed by atoms with Crippen LogP contribution in [0.25, 0.3) is 0 Å². The summed E-state index contributed by atoms with van der Waals surface area (Å²) in [5, 5.41) is 11.4. The van der Waals surface area contributed by atoms with Gasteiger partial charge >= 0.3 is 5.97 Å². The van der Waals surface area contributed by atoms with E-state index in [9.17, 15) is 9.59 Å². The lowest BCUT2D eigenvalue weighted by Crippen LogP contribution is -2.26. The molecule has 0 saturated heterocycles. The fourth-order valence-electron chi connectivity index (χ4n) is 1.47. The Hall–Kier alpha value is -1.95. The van der Waals surface area contributed by atoms with Gasteiger partial charge in [0.2, 0.25) is 0 Å². The van der Waals surface area contributed by atoms with Crippen molar-refractivity contribution in [2.45, 2.75) is 26.2 Å².